The molecule has 19 heavy (non-hydrogen) atoms. The van der Waals surface area contributed by atoms with Crippen LogP contribution in [-0.2, 0) is 9.59 Å². The highest BCUT2D eigenvalue weighted by atomic mass is 16.2. The van der Waals surface area contributed by atoms with E-state index in [0.29, 0.717) is 6.42 Å². The summed E-state index contributed by atoms with van der Waals surface area (Å²) in [5.41, 5.74) is 2.29. The molecule has 0 spiro atoms. The molecule has 5 aliphatic rings. The molecule has 1 aliphatic heterocycles. The fraction of sp³-hybridized carbons (Fsp3) is 0.750. The van der Waals surface area contributed by atoms with E-state index in [4.69, 9.17) is 0 Å². The van der Waals surface area contributed by atoms with Gasteiger partial charge in [0.15, 0.2) is 0 Å². The Morgan fingerprint density at radius 1 is 1.05 bits per heavy atom. The van der Waals surface area contributed by atoms with E-state index in [1.165, 1.54) is 44.1 Å². The summed E-state index contributed by atoms with van der Waals surface area (Å²) >= 11 is 0. The summed E-state index contributed by atoms with van der Waals surface area (Å²) < 4.78 is 0. The van der Waals surface area contributed by atoms with Crippen molar-refractivity contribution in [1.82, 2.24) is 5.32 Å². The SMILES string of the molecule is CC(=C1CC(=O)NC1=O)C12CC3CC(CC(C3)C1)C2. The van der Waals surface area contributed by atoms with Crippen LogP contribution >= 0.6 is 0 Å². The number of amides is 2. The number of carbonyl (C=O) groups excluding carboxylic acids is 2. The van der Waals surface area contributed by atoms with Crippen LogP contribution in [-0.4, -0.2) is 11.8 Å². The van der Waals surface area contributed by atoms with E-state index < -0.39 is 0 Å². The standard InChI is InChI=1S/C16H21NO2/c1-9(13-5-14(18)17-15(13)19)16-6-10-2-11(7-16)4-12(3-10)8-16/h10-12H,2-8H2,1H3,(H,17,18,19). The highest BCUT2D eigenvalue weighted by Gasteiger charge is 2.52. The molecule has 4 aliphatic carbocycles. The van der Waals surface area contributed by atoms with Gasteiger partial charge in [-0.2, -0.15) is 0 Å². The maximum atomic E-state index is 11.9. The highest BCUT2D eigenvalue weighted by Crippen LogP contribution is 2.63. The number of nitrogens with one attached hydrogen (secondary N) is 1. The lowest BCUT2D eigenvalue weighted by Gasteiger charge is -2.57. The van der Waals surface area contributed by atoms with Crippen LogP contribution in [0.15, 0.2) is 11.1 Å². The topological polar surface area (TPSA) is 46.2 Å². The van der Waals surface area contributed by atoms with Gasteiger partial charge in [-0.05, 0) is 68.6 Å². The predicted octanol–water partition coefficient (Wildman–Crippen LogP) is 2.57. The number of carbonyl (C=O) groups is 2. The van der Waals surface area contributed by atoms with Crippen molar-refractivity contribution in [1.29, 1.82) is 0 Å². The van der Waals surface area contributed by atoms with E-state index in [9.17, 15) is 9.59 Å². The monoisotopic (exact) mass is 259 g/mol. The molecule has 102 valence electrons. The van der Waals surface area contributed by atoms with Crippen LogP contribution in [0.4, 0.5) is 0 Å². The van der Waals surface area contributed by atoms with Crippen LogP contribution in [0.1, 0.15) is 51.9 Å². The zero-order chi connectivity index (χ0) is 13.2. The maximum Gasteiger partial charge on any atom is 0.254 e. The van der Waals surface area contributed by atoms with Crippen molar-refractivity contribution in [3.63, 3.8) is 0 Å². The fourth-order valence-electron chi connectivity index (χ4n) is 5.68. The number of rotatable bonds is 1. The van der Waals surface area contributed by atoms with Gasteiger partial charge in [0.05, 0.1) is 6.42 Å². The van der Waals surface area contributed by atoms with E-state index in [-0.39, 0.29) is 17.2 Å². The van der Waals surface area contributed by atoms with Crippen molar-refractivity contribution >= 4 is 11.8 Å². The molecule has 0 unspecified atom stereocenters. The van der Waals surface area contributed by atoms with Crippen molar-refractivity contribution in [2.24, 2.45) is 23.2 Å². The van der Waals surface area contributed by atoms with Crippen molar-refractivity contribution in [2.75, 3.05) is 0 Å². The van der Waals surface area contributed by atoms with Crippen LogP contribution in [0.3, 0.4) is 0 Å². The van der Waals surface area contributed by atoms with Crippen LogP contribution < -0.4 is 5.32 Å². The van der Waals surface area contributed by atoms with Crippen LogP contribution in [0, 0.1) is 23.2 Å². The molecule has 3 nitrogen and oxygen atoms in total. The van der Waals surface area contributed by atoms with Gasteiger partial charge in [-0.3, -0.25) is 14.9 Å². The van der Waals surface area contributed by atoms with Gasteiger partial charge in [0.1, 0.15) is 0 Å². The smallest absolute Gasteiger partial charge is 0.254 e. The second-order valence-electron chi connectivity index (χ2n) is 7.36. The first-order valence-corrected chi connectivity index (χ1v) is 7.60. The van der Waals surface area contributed by atoms with Crippen molar-refractivity contribution < 1.29 is 9.59 Å². The molecule has 1 heterocycles. The Balaban J connectivity index is 1.73. The average molecular weight is 259 g/mol. The van der Waals surface area contributed by atoms with Gasteiger partial charge < -0.3 is 0 Å². The lowest BCUT2D eigenvalue weighted by molar-refractivity contribution is -0.124. The zero-order valence-electron chi connectivity index (χ0n) is 11.5. The molecule has 1 N–H and O–H groups in total. The number of allylic oxidation sites excluding steroid dienone is 1. The van der Waals surface area contributed by atoms with E-state index in [1.807, 2.05) is 0 Å². The molecule has 2 amide bonds. The van der Waals surface area contributed by atoms with Gasteiger partial charge in [0.2, 0.25) is 5.91 Å². The van der Waals surface area contributed by atoms with Gasteiger partial charge in [0.25, 0.3) is 5.91 Å². The summed E-state index contributed by atoms with van der Waals surface area (Å²) in [4.78, 5) is 23.4. The molecular formula is C16H21NO2. The maximum absolute atomic E-state index is 11.9. The van der Waals surface area contributed by atoms with Crippen LogP contribution in [0.5, 0.6) is 0 Å². The third-order valence-corrected chi connectivity index (χ3v) is 6.15. The lowest BCUT2D eigenvalue weighted by Crippen LogP contribution is -2.47. The molecule has 1 saturated heterocycles. The van der Waals surface area contributed by atoms with E-state index in [0.717, 1.165) is 23.3 Å². The second-order valence-corrected chi connectivity index (χ2v) is 7.36. The summed E-state index contributed by atoms with van der Waals surface area (Å²) in [6.45, 7) is 2.13. The van der Waals surface area contributed by atoms with Crippen LogP contribution in [0.2, 0.25) is 0 Å². The zero-order valence-corrected chi connectivity index (χ0v) is 11.5. The minimum atomic E-state index is -0.127. The molecule has 0 radical (unpaired) electrons. The van der Waals surface area contributed by atoms with Crippen molar-refractivity contribution in [3.8, 4) is 0 Å². The normalized spacial score (nSPS) is 46.7. The molecular weight excluding hydrogens is 238 g/mol. The fourth-order valence-corrected chi connectivity index (χ4v) is 5.68. The minimum Gasteiger partial charge on any atom is -0.292 e. The summed E-state index contributed by atoms with van der Waals surface area (Å²) in [7, 11) is 0. The van der Waals surface area contributed by atoms with Gasteiger partial charge in [-0.1, -0.05) is 5.57 Å². The molecule has 4 bridgehead atoms. The molecule has 0 aromatic carbocycles. The molecule has 0 aromatic rings. The largest absolute Gasteiger partial charge is 0.292 e. The van der Waals surface area contributed by atoms with E-state index in [2.05, 4.69) is 12.2 Å². The Bertz CT molecular complexity index is 468. The first-order valence-electron chi connectivity index (χ1n) is 7.60. The Kier molecular flexibility index (Phi) is 2.28. The Hall–Kier alpha value is -1.12. The summed E-state index contributed by atoms with van der Waals surface area (Å²) in [5.74, 6) is 2.38. The Morgan fingerprint density at radius 3 is 2.00 bits per heavy atom. The Morgan fingerprint density at radius 2 is 1.58 bits per heavy atom. The average Bonchev–Trinajstić information content (AvgIpc) is 2.65. The van der Waals surface area contributed by atoms with Gasteiger partial charge in [0, 0.05) is 5.57 Å². The molecule has 4 saturated carbocycles. The molecule has 5 fully saturated rings. The number of imide groups is 1. The van der Waals surface area contributed by atoms with E-state index in [1.54, 1.807) is 0 Å². The first kappa shape index (κ1) is 11.7. The third kappa shape index (κ3) is 1.63. The molecule has 0 aromatic heterocycles. The van der Waals surface area contributed by atoms with Gasteiger partial charge in [-0.15, -0.1) is 0 Å². The second kappa shape index (κ2) is 3.71. The van der Waals surface area contributed by atoms with Crippen molar-refractivity contribution in [3.05, 3.63) is 11.1 Å². The quantitative estimate of drug-likeness (QED) is 0.581. The Labute approximate surface area is 113 Å². The first-order chi connectivity index (χ1) is 9.06. The predicted molar refractivity (Wildman–Crippen MR) is 71.1 cm³/mol. The lowest BCUT2D eigenvalue weighted by atomic mass is 9.47. The minimum absolute atomic E-state index is 0.121. The van der Waals surface area contributed by atoms with E-state index >= 15 is 0 Å². The summed E-state index contributed by atoms with van der Waals surface area (Å²) in [5, 5.41) is 2.44. The molecule has 3 heteroatoms. The molecule has 0 atom stereocenters. The summed E-state index contributed by atoms with van der Waals surface area (Å²) in [6.07, 6.45) is 8.32. The van der Waals surface area contributed by atoms with Crippen LogP contribution in [0.25, 0.3) is 0 Å². The number of hydrogen-bond acceptors (Lipinski definition) is 2. The molecule has 5 rings (SSSR count). The third-order valence-electron chi connectivity index (χ3n) is 6.15. The van der Waals surface area contributed by atoms with Gasteiger partial charge >= 0.3 is 0 Å². The van der Waals surface area contributed by atoms with Crippen molar-refractivity contribution in [2.45, 2.75) is 51.9 Å². The van der Waals surface area contributed by atoms with Gasteiger partial charge in [-0.25, -0.2) is 0 Å². The summed E-state index contributed by atoms with van der Waals surface area (Å²) in [6, 6.07) is 0. The highest BCUT2D eigenvalue weighted by molar-refractivity contribution is 6.13. The number of hydrogen-bond donors (Lipinski definition) is 1.